The maximum Gasteiger partial charge on any atom is 0.243 e. The first-order chi connectivity index (χ1) is 12.5. The van der Waals surface area contributed by atoms with Gasteiger partial charge in [0.1, 0.15) is 5.82 Å². The number of nitrogens with zero attached hydrogens (tertiary/aromatic N) is 1. The van der Waals surface area contributed by atoms with Crippen LogP contribution in [-0.2, 0) is 10.0 Å². The maximum atomic E-state index is 13.6. The topological polar surface area (TPSA) is 61.4 Å². The van der Waals surface area contributed by atoms with Gasteiger partial charge in [0.05, 0.1) is 10.6 Å². The van der Waals surface area contributed by atoms with E-state index in [1.807, 2.05) is 0 Å². The van der Waals surface area contributed by atoms with Gasteiger partial charge in [-0.25, -0.2) is 12.8 Å². The smallest absolute Gasteiger partial charge is 0.243 e. The highest BCUT2D eigenvalue weighted by Crippen LogP contribution is 2.22. The molecule has 138 valence electrons. The second kappa shape index (κ2) is 8.11. The Bertz CT molecular complexity index is 880. The number of halogens is 1. The number of hydrogen-bond acceptors (Lipinski definition) is 3. The molecule has 1 aliphatic rings. The van der Waals surface area contributed by atoms with Crippen molar-refractivity contribution in [2.75, 3.05) is 23.7 Å². The van der Waals surface area contributed by atoms with Crippen LogP contribution in [0.2, 0.25) is 0 Å². The van der Waals surface area contributed by atoms with Gasteiger partial charge in [0.15, 0.2) is 5.11 Å². The molecule has 0 bridgehead atoms. The first-order valence-corrected chi connectivity index (χ1v) is 10.2. The fourth-order valence-electron chi connectivity index (χ4n) is 2.81. The number of nitrogens with one attached hydrogen (secondary N) is 2. The van der Waals surface area contributed by atoms with Crippen LogP contribution in [0, 0.1) is 5.82 Å². The first-order valence-electron chi connectivity index (χ1n) is 8.39. The number of benzene rings is 2. The summed E-state index contributed by atoms with van der Waals surface area (Å²) in [6.45, 7) is 1.14. The van der Waals surface area contributed by atoms with Crippen molar-refractivity contribution in [1.29, 1.82) is 0 Å². The molecule has 0 atom stereocenters. The third-order valence-electron chi connectivity index (χ3n) is 4.19. The van der Waals surface area contributed by atoms with E-state index in [-0.39, 0.29) is 15.7 Å². The average molecular weight is 394 g/mol. The Morgan fingerprint density at radius 1 is 0.962 bits per heavy atom. The third kappa shape index (κ3) is 4.38. The molecule has 0 aliphatic carbocycles. The molecule has 2 aromatic rings. The molecule has 0 amide bonds. The van der Waals surface area contributed by atoms with Crippen molar-refractivity contribution in [2.45, 2.75) is 24.2 Å². The zero-order chi connectivity index (χ0) is 18.6. The largest absolute Gasteiger partial charge is 0.332 e. The minimum Gasteiger partial charge on any atom is -0.332 e. The van der Waals surface area contributed by atoms with Crippen molar-refractivity contribution < 1.29 is 12.8 Å². The Labute approximate surface area is 158 Å². The van der Waals surface area contributed by atoms with Crippen LogP contribution in [0.15, 0.2) is 53.4 Å². The van der Waals surface area contributed by atoms with Crippen LogP contribution in [0.4, 0.5) is 15.8 Å². The number of rotatable bonds is 4. The Kier molecular flexibility index (Phi) is 5.85. The molecule has 0 radical (unpaired) electrons. The lowest BCUT2D eigenvalue weighted by atomic mass is 10.2. The lowest BCUT2D eigenvalue weighted by Gasteiger charge is -2.25. The lowest BCUT2D eigenvalue weighted by Crippen LogP contribution is -2.35. The van der Waals surface area contributed by atoms with Gasteiger partial charge in [0.25, 0.3) is 0 Å². The number of para-hydroxylation sites is 1. The van der Waals surface area contributed by atoms with E-state index in [1.54, 1.807) is 42.5 Å². The predicted octanol–water partition coefficient (Wildman–Crippen LogP) is 3.81. The molecule has 1 aliphatic heterocycles. The van der Waals surface area contributed by atoms with Gasteiger partial charge in [0.2, 0.25) is 10.0 Å². The van der Waals surface area contributed by atoms with Gasteiger partial charge in [-0.3, -0.25) is 0 Å². The molecule has 1 heterocycles. The quantitative estimate of drug-likeness (QED) is 0.774. The fraction of sp³-hybridized carbons (Fsp3) is 0.278. The highest BCUT2D eigenvalue weighted by molar-refractivity contribution is 7.89. The highest BCUT2D eigenvalue weighted by Gasteiger charge is 2.25. The number of sulfonamides is 1. The molecule has 8 heteroatoms. The van der Waals surface area contributed by atoms with Gasteiger partial charge in [0, 0.05) is 18.8 Å². The van der Waals surface area contributed by atoms with Gasteiger partial charge < -0.3 is 10.6 Å². The summed E-state index contributed by atoms with van der Waals surface area (Å²) in [7, 11) is -3.45. The van der Waals surface area contributed by atoms with E-state index in [0.29, 0.717) is 18.8 Å². The van der Waals surface area contributed by atoms with Crippen LogP contribution in [0.1, 0.15) is 19.3 Å². The number of anilines is 2. The Morgan fingerprint density at radius 2 is 1.62 bits per heavy atom. The summed E-state index contributed by atoms with van der Waals surface area (Å²) in [5.74, 6) is -0.403. The molecule has 2 aromatic carbocycles. The number of hydrogen-bond donors (Lipinski definition) is 2. The number of piperidine rings is 1. The van der Waals surface area contributed by atoms with Gasteiger partial charge >= 0.3 is 0 Å². The van der Waals surface area contributed by atoms with Crippen molar-refractivity contribution >= 4 is 38.7 Å². The monoisotopic (exact) mass is 393 g/mol. The molecule has 26 heavy (non-hydrogen) atoms. The van der Waals surface area contributed by atoms with Crippen LogP contribution >= 0.6 is 12.2 Å². The van der Waals surface area contributed by atoms with Crippen molar-refractivity contribution in [3.8, 4) is 0 Å². The van der Waals surface area contributed by atoms with Gasteiger partial charge in [-0.05, 0) is 61.5 Å². The van der Waals surface area contributed by atoms with E-state index < -0.39 is 15.8 Å². The van der Waals surface area contributed by atoms with Crippen LogP contribution in [-0.4, -0.2) is 30.9 Å². The van der Waals surface area contributed by atoms with E-state index in [1.165, 1.54) is 10.4 Å². The zero-order valence-corrected chi connectivity index (χ0v) is 15.7. The summed E-state index contributed by atoms with van der Waals surface area (Å²) in [5, 5.41) is 5.92. The predicted molar refractivity (Wildman–Crippen MR) is 105 cm³/mol. The van der Waals surface area contributed by atoms with Gasteiger partial charge in [-0.1, -0.05) is 18.6 Å². The zero-order valence-electron chi connectivity index (χ0n) is 14.1. The van der Waals surface area contributed by atoms with Crippen LogP contribution < -0.4 is 10.6 Å². The minimum absolute atomic E-state index is 0.224. The molecule has 1 saturated heterocycles. The van der Waals surface area contributed by atoms with E-state index >= 15 is 0 Å². The second-order valence-electron chi connectivity index (χ2n) is 6.05. The Hall–Kier alpha value is -2.03. The Morgan fingerprint density at radius 3 is 2.27 bits per heavy atom. The molecular formula is C18H20FN3O2S2. The molecule has 0 saturated carbocycles. The number of thiocarbonyl (C=S) groups is 1. The van der Waals surface area contributed by atoms with E-state index in [2.05, 4.69) is 10.6 Å². The summed E-state index contributed by atoms with van der Waals surface area (Å²) in [6.07, 6.45) is 2.87. The molecule has 3 rings (SSSR count). The Balaban J connectivity index is 1.66. The van der Waals surface area contributed by atoms with Crippen LogP contribution in [0.3, 0.4) is 0 Å². The molecule has 1 fully saturated rings. The lowest BCUT2D eigenvalue weighted by molar-refractivity contribution is 0.346. The van der Waals surface area contributed by atoms with Crippen LogP contribution in [0.25, 0.3) is 0 Å². The first kappa shape index (κ1) is 18.8. The minimum atomic E-state index is -3.45. The highest BCUT2D eigenvalue weighted by atomic mass is 32.2. The van der Waals surface area contributed by atoms with Crippen molar-refractivity contribution in [3.05, 3.63) is 54.3 Å². The van der Waals surface area contributed by atoms with E-state index in [9.17, 15) is 12.8 Å². The molecule has 0 aromatic heterocycles. The van der Waals surface area contributed by atoms with Crippen molar-refractivity contribution in [2.24, 2.45) is 0 Å². The molecule has 0 unspecified atom stereocenters. The summed E-state index contributed by atoms with van der Waals surface area (Å²) in [6, 6.07) is 12.6. The van der Waals surface area contributed by atoms with Crippen LogP contribution in [0.5, 0.6) is 0 Å². The molecule has 0 spiro atoms. The second-order valence-corrected chi connectivity index (χ2v) is 8.39. The van der Waals surface area contributed by atoms with E-state index in [0.717, 1.165) is 19.3 Å². The molecular weight excluding hydrogens is 373 g/mol. The molecule has 2 N–H and O–H groups in total. The molecule has 5 nitrogen and oxygen atoms in total. The summed E-state index contributed by atoms with van der Waals surface area (Å²) >= 11 is 5.17. The average Bonchev–Trinajstić information content (AvgIpc) is 2.65. The SMILES string of the molecule is O=S(=O)(c1ccc(NC(=S)Nc2ccccc2F)cc1)N1CCCCC1. The van der Waals surface area contributed by atoms with Gasteiger partial charge in [-0.2, -0.15) is 4.31 Å². The normalized spacial score (nSPS) is 15.4. The van der Waals surface area contributed by atoms with Gasteiger partial charge in [-0.15, -0.1) is 0 Å². The fourth-order valence-corrected chi connectivity index (χ4v) is 4.56. The standard InChI is InChI=1S/C18H20FN3O2S2/c19-16-6-2-3-7-17(16)21-18(25)20-14-8-10-15(11-9-14)26(23,24)22-12-4-1-5-13-22/h2-3,6-11H,1,4-5,12-13H2,(H2,20,21,25). The summed E-state index contributed by atoms with van der Waals surface area (Å²) in [5.41, 5.74) is 0.894. The van der Waals surface area contributed by atoms with Crippen molar-refractivity contribution in [1.82, 2.24) is 4.31 Å². The van der Waals surface area contributed by atoms with Crippen molar-refractivity contribution in [3.63, 3.8) is 0 Å². The van der Waals surface area contributed by atoms with E-state index in [4.69, 9.17) is 12.2 Å². The summed E-state index contributed by atoms with van der Waals surface area (Å²) < 4.78 is 40.4. The third-order valence-corrected chi connectivity index (χ3v) is 6.30. The summed E-state index contributed by atoms with van der Waals surface area (Å²) in [4.78, 5) is 0.262. The maximum absolute atomic E-state index is 13.6.